The summed E-state index contributed by atoms with van der Waals surface area (Å²) in [4.78, 5) is 0. The zero-order valence-electron chi connectivity index (χ0n) is 13.0. The molecule has 0 bridgehead atoms. The molecule has 0 saturated heterocycles. The van der Waals surface area contributed by atoms with Crippen molar-refractivity contribution in [3.8, 4) is 17.2 Å². The van der Waals surface area contributed by atoms with Crippen molar-refractivity contribution in [2.24, 2.45) is 5.16 Å². The first kappa shape index (κ1) is 18.2. The van der Waals surface area contributed by atoms with Crippen molar-refractivity contribution in [1.29, 1.82) is 0 Å². The number of hydrogen-bond donors (Lipinski definition) is 1. The van der Waals surface area contributed by atoms with Gasteiger partial charge in [0.05, 0.1) is 17.8 Å². The minimum atomic E-state index is 0.288. The molecule has 0 saturated carbocycles. The van der Waals surface area contributed by atoms with Gasteiger partial charge in [-0.25, -0.2) is 0 Å². The maximum absolute atomic E-state index is 8.63. The number of benzene rings is 2. The maximum Gasteiger partial charge on any atom is 0.179 e. The van der Waals surface area contributed by atoms with Crippen molar-refractivity contribution in [2.75, 3.05) is 19.8 Å². The van der Waals surface area contributed by atoms with Crippen molar-refractivity contribution in [3.05, 3.63) is 52.0 Å². The molecule has 0 heterocycles. The second-order valence-electron chi connectivity index (χ2n) is 4.66. The molecule has 0 aliphatic carbocycles. The molecule has 2 aromatic carbocycles. The van der Waals surface area contributed by atoms with Crippen LogP contribution in [0.2, 0.25) is 10.0 Å². The van der Waals surface area contributed by atoms with Crippen LogP contribution in [0.4, 0.5) is 0 Å². The van der Waals surface area contributed by atoms with Gasteiger partial charge in [-0.15, -0.1) is 0 Å². The molecule has 2 rings (SSSR count). The Morgan fingerprint density at radius 3 is 2.42 bits per heavy atom. The summed E-state index contributed by atoms with van der Waals surface area (Å²) in [5, 5.41) is 12.6. The lowest BCUT2D eigenvalue weighted by Crippen LogP contribution is -2.10. The topological polar surface area (TPSA) is 60.3 Å². The highest BCUT2D eigenvalue weighted by atomic mass is 35.5. The lowest BCUT2D eigenvalue weighted by atomic mass is 10.2. The van der Waals surface area contributed by atoms with Gasteiger partial charge >= 0.3 is 0 Å². The van der Waals surface area contributed by atoms with E-state index in [0.717, 1.165) is 0 Å². The van der Waals surface area contributed by atoms with Gasteiger partial charge in [0.15, 0.2) is 11.5 Å². The van der Waals surface area contributed by atoms with Crippen LogP contribution in [0.15, 0.2) is 41.6 Å². The molecule has 0 amide bonds. The third-order valence-electron chi connectivity index (χ3n) is 2.95. The molecule has 0 aromatic heterocycles. The van der Waals surface area contributed by atoms with Gasteiger partial charge in [0.2, 0.25) is 0 Å². The molecule has 0 spiro atoms. The first-order valence-corrected chi connectivity index (χ1v) is 8.04. The highest BCUT2D eigenvalue weighted by Crippen LogP contribution is 2.36. The Balaban J connectivity index is 1.99. The molecular weight excluding hydrogens is 353 g/mol. The quantitative estimate of drug-likeness (QED) is 0.318. The predicted octanol–water partition coefficient (Wildman–Crippen LogP) is 4.66. The van der Waals surface area contributed by atoms with Gasteiger partial charge in [-0.3, -0.25) is 0 Å². The van der Waals surface area contributed by atoms with Crippen LogP contribution in [0.25, 0.3) is 0 Å². The summed E-state index contributed by atoms with van der Waals surface area (Å²) in [6.07, 6.45) is 1.27. The molecule has 0 aliphatic rings. The van der Waals surface area contributed by atoms with Gasteiger partial charge < -0.3 is 19.4 Å². The standard InChI is InChI=1S/C17H17Cl2NO4/c1-2-22-16-10-12(11-20-21)9-15(19)17(16)24-8-7-23-14-5-3-13(18)4-6-14/h3-6,9-11,21H,2,7-8H2,1H3. The molecule has 0 fully saturated rings. The number of halogens is 2. The van der Waals surface area contributed by atoms with Crippen LogP contribution in [-0.2, 0) is 0 Å². The summed E-state index contributed by atoms with van der Waals surface area (Å²) < 4.78 is 16.8. The smallest absolute Gasteiger partial charge is 0.179 e. The molecule has 1 N–H and O–H groups in total. The molecule has 24 heavy (non-hydrogen) atoms. The SMILES string of the molecule is CCOc1cc(C=NO)cc(Cl)c1OCCOc1ccc(Cl)cc1. The molecule has 7 heteroatoms. The highest BCUT2D eigenvalue weighted by Gasteiger charge is 2.12. The molecular formula is C17H17Cl2NO4. The third kappa shape index (κ3) is 5.22. The number of oxime groups is 1. The van der Waals surface area contributed by atoms with E-state index < -0.39 is 0 Å². The second-order valence-corrected chi connectivity index (χ2v) is 5.50. The first-order chi connectivity index (χ1) is 11.6. The van der Waals surface area contributed by atoms with Crippen LogP contribution >= 0.6 is 23.2 Å². The molecule has 2 aromatic rings. The fraction of sp³-hybridized carbons (Fsp3) is 0.235. The van der Waals surface area contributed by atoms with Gasteiger partial charge in [-0.1, -0.05) is 28.4 Å². The van der Waals surface area contributed by atoms with Crippen molar-refractivity contribution >= 4 is 29.4 Å². The zero-order valence-corrected chi connectivity index (χ0v) is 14.5. The van der Waals surface area contributed by atoms with Crippen LogP contribution in [0.1, 0.15) is 12.5 Å². The number of ether oxygens (including phenoxy) is 3. The first-order valence-electron chi connectivity index (χ1n) is 7.29. The predicted molar refractivity (Wildman–Crippen MR) is 94.4 cm³/mol. The zero-order chi connectivity index (χ0) is 17.4. The van der Waals surface area contributed by atoms with E-state index in [9.17, 15) is 0 Å². The van der Waals surface area contributed by atoms with Crippen molar-refractivity contribution < 1.29 is 19.4 Å². The Bertz CT molecular complexity index is 690. The largest absolute Gasteiger partial charge is 0.490 e. The Kier molecular flexibility index (Phi) is 7.03. The van der Waals surface area contributed by atoms with Gasteiger partial charge in [0.25, 0.3) is 0 Å². The number of rotatable bonds is 8. The fourth-order valence-electron chi connectivity index (χ4n) is 1.97. The Morgan fingerprint density at radius 2 is 1.75 bits per heavy atom. The summed E-state index contributed by atoms with van der Waals surface area (Å²) in [7, 11) is 0. The summed E-state index contributed by atoms with van der Waals surface area (Å²) in [6, 6.07) is 10.4. The van der Waals surface area contributed by atoms with E-state index >= 15 is 0 Å². The molecule has 0 radical (unpaired) electrons. The highest BCUT2D eigenvalue weighted by molar-refractivity contribution is 6.32. The van der Waals surface area contributed by atoms with Crippen LogP contribution in [0.3, 0.4) is 0 Å². The van der Waals surface area contributed by atoms with Crippen LogP contribution in [-0.4, -0.2) is 31.2 Å². The summed E-state index contributed by atoms with van der Waals surface area (Å²) in [6.45, 7) is 2.93. The van der Waals surface area contributed by atoms with Gasteiger partial charge in [0.1, 0.15) is 19.0 Å². The van der Waals surface area contributed by atoms with Crippen molar-refractivity contribution in [3.63, 3.8) is 0 Å². The van der Waals surface area contributed by atoms with Crippen LogP contribution < -0.4 is 14.2 Å². The average Bonchev–Trinajstić information content (AvgIpc) is 2.55. The van der Waals surface area contributed by atoms with Gasteiger partial charge in [0, 0.05) is 10.6 Å². The summed E-state index contributed by atoms with van der Waals surface area (Å²) in [5.74, 6) is 1.60. The van der Waals surface area contributed by atoms with E-state index in [1.165, 1.54) is 6.21 Å². The Morgan fingerprint density at radius 1 is 1.04 bits per heavy atom. The lowest BCUT2D eigenvalue weighted by molar-refractivity contribution is 0.208. The normalized spacial score (nSPS) is 10.8. The van der Waals surface area contributed by atoms with E-state index in [2.05, 4.69) is 5.16 Å². The van der Waals surface area contributed by atoms with Crippen molar-refractivity contribution in [2.45, 2.75) is 6.92 Å². The Labute approximate surface area is 150 Å². The number of hydrogen-bond acceptors (Lipinski definition) is 5. The van der Waals surface area contributed by atoms with E-state index in [1.807, 2.05) is 6.92 Å². The van der Waals surface area contributed by atoms with Crippen LogP contribution in [0, 0.1) is 0 Å². The minimum absolute atomic E-state index is 0.288. The third-order valence-corrected chi connectivity index (χ3v) is 3.48. The molecule has 0 aliphatic heterocycles. The van der Waals surface area contributed by atoms with Crippen molar-refractivity contribution in [1.82, 2.24) is 0 Å². The molecule has 5 nitrogen and oxygen atoms in total. The second kappa shape index (κ2) is 9.25. The Hall–Kier alpha value is -2.11. The van der Waals surface area contributed by atoms with E-state index in [1.54, 1.807) is 36.4 Å². The fourth-order valence-corrected chi connectivity index (χ4v) is 2.37. The molecule has 128 valence electrons. The van der Waals surface area contributed by atoms with Crippen LogP contribution in [0.5, 0.6) is 17.2 Å². The van der Waals surface area contributed by atoms with E-state index in [4.69, 9.17) is 42.6 Å². The summed E-state index contributed by atoms with van der Waals surface area (Å²) in [5.41, 5.74) is 0.607. The average molecular weight is 370 g/mol. The lowest BCUT2D eigenvalue weighted by Gasteiger charge is -2.14. The van der Waals surface area contributed by atoms with Gasteiger partial charge in [-0.2, -0.15) is 0 Å². The van der Waals surface area contributed by atoms with E-state index in [0.29, 0.717) is 46.1 Å². The summed E-state index contributed by atoms with van der Waals surface area (Å²) >= 11 is 12.0. The molecule has 0 unspecified atom stereocenters. The van der Waals surface area contributed by atoms with E-state index in [-0.39, 0.29) is 6.61 Å². The maximum atomic E-state index is 8.63. The monoisotopic (exact) mass is 369 g/mol. The number of nitrogens with zero attached hydrogens (tertiary/aromatic N) is 1. The van der Waals surface area contributed by atoms with Gasteiger partial charge in [-0.05, 0) is 43.3 Å². The molecule has 0 atom stereocenters. The minimum Gasteiger partial charge on any atom is -0.490 e.